The van der Waals surface area contributed by atoms with Crippen LogP contribution in [-0.2, 0) is 29.7 Å². The molecule has 0 spiro atoms. The fourth-order valence-corrected chi connectivity index (χ4v) is 5.31. The summed E-state index contributed by atoms with van der Waals surface area (Å²) in [4.78, 5) is 50.7. The Morgan fingerprint density at radius 3 is 2.71 bits per heavy atom. The van der Waals surface area contributed by atoms with Crippen molar-refractivity contribution in [1.29, 1.82) is 0 Å². The van der Waals surface area contributed by atoms with Crippen LogP contribution in [0.2, 0.25) is 0 Å². The quantitative estimate of drug-likeness (QED) is 0.600. The Morgan fingerprint density at radius 1 is 1.09 bits per heavy atom. The lowest BCUT2D eigenvalue weighted by Gasteiger charge is -2.29. The van der Waals surface area contributed by atoms with Crippen LogP contribution in [0, 0.1) is 0 Å². The lowest BCUT2D eigenvalue weighted by Crippen LogP contribution is -2.52. The minimum Gasteiger partial charge on any atom is -0.335 e. The molecule has 3 aliphatic heterocycles. The van der Waals surface area contributed by atoms with Gasteiger partial charge in [0.25, 0.3) is 5.91 Å². The Balaban J connectivity index is 1.34. The number of amides is 3. The van der Waals surface area contributed by atoms with Crippen molar-refractivity contribution in [1.82, 2.24) is 29.7 Å². The molecule has 34 heavy (non-hydrogen) atoms. The van der Waals surface area contributed by atoms with Gasteiger partial charge in [0.05, 0.1) is 5.69 Å². The second-order valence-electron chi connectivity index (χ2n) is 9.41. The Hall–Kier alpha value is -3.59. The van der Waals surface area contributed by atoms with Gasteiger partial charge in [-0.05, 0) is 56.1 Å². The van der Waals surface area contributed by atoms with Gasteiger partial charge in [-0.25, -0.2) is 9.97 Å². The summed E-state index contributed by atoms with van der Waals surface area (Å²) in [6.45, 7) is 3.31. The van der Waals surface area contributed by atoms with Crippen molar-refractivity contribution >= 4 is 28.8 Å². The van der Waals surface area contributed by atoms with E-state index in [-0.39, 0.29) is 18.2 Å². The molecule has 174 valence electrons. The predicted octanol–water partition coefficient (Wildman–Crippen LogP) is 1.99. The standard InChI is InChI=1S/C25H26N6O3/c1-29-11-8-18-19(14-30-9-2-3-10-30)26-22(28-23(18)29)15-4-5-17-16(12-15)13-31(25(17)34)20-6-7-21(32)27-24(20)33/h4-5,8,11-12,20H,2-3,6-7,9-10,13-14H2,1H3,(H,27,32,33). The van der Waals surface area contributed by atoms with Crippen molar-refractivity contribution in [2.24, 2.45) is 7.05 Å². The highest BCUT2D eigenvalue weighted by Crippen LogP contribution is 2.31. The number of imide groups is 1. The molecule has 2 fully saturated rings. The van der Waals surface area contributed by atoms with E-state index in [1.807, 2.05) is 29.9 Å². The molecule has 6 rings (SSSR count). The monoisotopic (exact) mass is 458 g/mol. The minimum atomic E-state index is -0.621. The number of carbonyl (C=O) groups excluding carboxylic acids is 3. The highest BCUT2D eigenvalue weighted by Gasteiger charge is 2.39. The van der Waals surface area contributed by atoms with Crippen LogP contribution in [0.25, 0.3) is 22.4 Å². The first-order chi connectivity index (χ1) is 16.5. The summed E-state index contributed by atoms with van der Waals surface area (Å²) in [5.41, 5.74) is 4.20. The second kappa shape index (κ2) is 8.02. The summed E-state index contributed by atoms with van der Waals surface area (Å²) in [7, 11) is 1.98. The zero-order chi connectivity index (χ0) is 23.4. The topological polar surface area (TPSA) is 100 Å². The van der Waals surface area contributed by atoms with E-state index in [1.165, 1.54) is 12.8 Å². The van der Waals surface area contributed by atoms with Crippen LogP contribution in [0.3, 0.4) is 0 Å². The molecule has 3 amide bonds. The van der Waals surface area contributed by atoms with E-state index in [9.17, 15) is 14.4 Å². The van der Waals surface area contributed by atoms with Gasteiger partial charge >= 0.3 is 0 Å². The number of aromatic nitrogens is 3. The maximum Gasteiger partial charge on any atom is 0.255 e. The zero-order valence-corrected chi connectivity index (χ0v) is 19.1. The SMILES string of the molecule is Cn1ccc2c(CN3CCCC3)nc(-c3ccc4c(c3)CN(C3CCC(=O)NC3=O)C4=O)nc21. The molecule has 2 aromatic heterocycles. The number of carbonyl (C=O) groups is 3. The first kappa shape index (κ1) is 21.0. The predicted molar refractivity (Wildman–Crippen MR) is 125 cm³/mol. The van der Waals surface area contributed by atoms with E-state index in [1.54, 1.807) is 11.0 Å². The van der Waals surface area contributed by atoms with E-state index < -0.39 is 11.9 Å². The van der Waals surface area contributed by atoms with Crippen molar-refractivity contribution in [2.45, 2.75) is 44.8 Å². The number of rotatable bonds is 4. The molecule has 0 radical (unpaired) electrons. The molecule has 0 saturated carbocycles. The summed E-state index contributed by atoms with van der Waals surface area (Å²) in [5, 5.41) is 3.42. The first-order valence-corrected chi connectivity index (χ1v) is 11.8. The highest BCUT2D eigenvalue weighted by molar-refractivity contribution is 6.05. The van der Waals surface area contributed by atoms with Gasteiger partial charge in [-0.1, -0.05) is 6.07 Å². The average molecular weight is 459 g/mol. The Labute approximate surface area is 196 Å². The van der Waals surface area contributed by atoms with Gasteiger partial charge in [0, 0.05) is 49.3 Å². The van der Waals surface area contributed by atoms with E-state index >= 15 is 0 Å². The minimum absolute atomic E-state index is 0.176. The molecule has 3 aromatic rings. The number of likely N-dealkylation sites (tertiary alicyclic amines) is 1. The summed E-state index contributed by atoms with van der Waals surface area (Å²) >= 11 is 0. The van der Waals surface area contributed by atoms with Crippen LogP contribution in [0.1, 0.15) is 47.3 Å². The zero-order valence-electron chi connectivity index (χ0n) is 19.1. The summed E-state index contributed by atoms with van der Waals surface area (Å²) < 4.78 is 2.01. The first-order valence-electron chi connectivity index (χ1n) is 11.8. The number of fused-ring (bicyclic) bond motifs is 2. The van der Waals surface area contributed by atoms with Gasteiger partial charge in [-0.15, -0.1) is 0 Å². The Morgan fingerprint density at radius 2 is 1.91 bits per heavy atom. The van der Waals surface area contributed by atoms with Gasteiger partial charge in [-0.3, -0.25) is 24.6 Å². The number of piperidine rings is 1. The normalized spacial score (nSPS) is 20.9. The van der Waals surface area contributed by atoms with E-state index in [0.29, 0.717) is 24.4 Å². The number of hydrogen-bond acceptors (Lipinski definition) is 6. The van der Waals surface area contributed by atoms with Gasteiger partial charge in [-0.2, -0.15) is 0 Å². The van der Waals surface area contributed by atoms with E-state index in [2.05, 4.69) is 16.3 Å². The summed E-state index contributed by atoms with van der Waals surface area (Å²) in [5.74, 6) is -0.227. The fraction of sp³-hybridized carbons (Fsp3) is 0.400. The largest absolute Gasteiger partial charge is 0.335 e. The molecule has 5 heterocycles. The molecule has 0 aliphatic carbocycles. The highest BCUT2D eigenvalue weighted by atomic mass is 16.2. The number of aryl methyl sites for hydroxylation is 1. The van der Waals surface area contributed by atoms with Gasteiger partial charge in [0.15, 0.2) is 5.82 Å². The van der Waals surface area contributed by atoms with Crippen molar-refractivity contribution in [3.05, 3.63) is 47.3 Å². The summed E-state index contributed by atoms with van der Waals surface area (Å²) in [6, 6.07) is 7.10. The maximum absolute atomic E-state index is 13.0. The molecule has 2 saturated heterocycles. The van der Waals surface area contributed by atoms with Crippen LogP contribution in [0.15, 0.2) is 30.5 Å². The molecule has 3 aliphatic rings. The third-order valence-electron chi connectivity index (χ3n) is 7.16. The van der Waals surface area contributed by atoms with Gasteiger partial charge in [0.2, 0.25) is 11.8 Å². The molecule has 1 N–H and O–H groups in total. The molecule has 9 nitrogen and oxygen atoms in total. The third-order valence-corrected chi connectivity index (χ3v) is 7.16. The third kappa shape index (κ3) is 3.47. The maximum atomic E-state index is 13.0. The van der Waals surface area contributed by atoms with Gasteiger partial charge in [0.1, 0.15) is 11.7 Å². The lowest BCUT2D eigenvalue weighted by molar-refractivity contribution is -0.136. The van der Waals surface area contributed by atoms with Crippen LogP contribution < -0.4 is 5.32 Å². The number of nitrogens with zero attached hydrogens (tertiary/aromatic N) is 5. The van der Waals surface area contributed by atoms with Crippen LogP contribution >= 0.6 is 0 Å². The number of hydrogen-bond donors (Lipinski definition) is 1. The van der Waals surface area contributed by atoms with Crippen LogP contribution in [-0.4, -0.2) is 61.2 Å². The van der Waals surface area contributed by atoms with Crippen LogP contribution in [0.4, 0.5) is 0 Å². The molecule has 1 atom stereocenters. The lowest BCUT2D eigenvalue weighted by atomic mass is 10.0. The van der Waals surface area contributed by atoms with Crippen molar-refractivity contribution < 1.29 is 14.4 Å². The Kier molecular flexibility index (Phi) is 4.95. The number of nitrogens with one attached hydrogen (secondary N) is 1. The summed E-state index contributed by atoms with van der Waals surface area (Å²) in [6.07, 6.45) is 5.04. The molecule has 1 unspecified atom stereocenters. The average Bonchev–Trinajstić information content (AvgIpc) is 3.54. The number of benzene rings is 1. The Bertz CT molecular complexity index is 1340. The van der Waals surface area contributed by atoms with Crippen LogP contribution in [0.5, 0.6) is 0 Å². The smallest absolute Gasteiger partial charge is 0.255 e. The molecule has 1 aromatic carbocycles. The van der Waals surface area contributed by atoms with Crippen molar-refractivity contribution in [3.8, 4) is 11.4 Å². The molecular weight excluding hydrogens is 432 g/mol. The van der Waals surface area contributed by atoms with E-state index in [4.69, 9.17) is 9.97 Å². The molecule has 0 bridgehead atoms. The van der Waals surface area contributed by atoms with Crippen molar-refractivity contribution in [2.75, 3.05) is 13.1 Å². The molecule has 9 heteroatoms. The van der Waals surface area contributed by atoms with Crippen molar-refractivity contribution in [3.63, 3.8) is 0 Å². The van der Waals surface area contributed by atoms with E-state index in [0.717, 1.165) is 47.5 Å². The van der Waals surface area contributed by atoms with Gasteiger partial charge < -0.3 is 9.47 Å². The fourth-order valence-electron chi connectivity index (χ4n) is 5.31. The second-order valence-corrected chi connectivity index (χ2v) is 9.41. The molecular formula is C25H26N6O3.